The van der Waals surface area contributed by atoms with Gasteiger partial charge in [-0.25, -0.2) is 9.79 Å². The second-order valence-corrected chi connectivity index (χ2v) is 11.6. The number of anilines is 1. The molecule has 1 aliphatic heterocycles. The van der Waals surface area contributed by atoms with Gasteiger partial charge in [-0.1, -0.05) is 29.5 Å². The predicted octanol–water partition coefficient (Wildman–Crippen LogP) is 4.75. The van der Waals surface area contributed by atoms with E-state index in [1.807, 2.05) is 56.3 Å². The zero-order valence-corrected chi connectivity index (χ0v) is 27.0. The molecule has 2 heterocycles. The lowest BCUT2D eigenvalue weighted by molar-refractivity contribution is -0.384. The largest absolute Gasteiger partial charge is 0.490 e. The monoisotopic (exact) mass is 642 g/mol. The molecule has 0 spiro atoms. The first kappa shape index (κ1) is 32.2. The summed E-state index contributed by atoms with van der Waals surface area (Å²) in [5.41, 5.74) is 3.79. The van der Waals surface area contributed by atoms with E-state index in [0.717, 1.165) is 16.8 Å². The van der Waals surface area contributed by atoms with Crippen LogP contribution in [0.25, 0.3) is 6.08 Å². The normalized spacial score (nSPS) is 14.4. The van der Waals surface area contributed by atoms with Crippen molar-refractivity contribution in [2.45, 2.75) is 33.4 Å². The van der Waals surface area contributed by atoms with E-state index in [4.69, 9.17) is 14.2 Å². The number of nitrogens with zero attached hydrogens (tertiary/aromatic N) is 4. The van der Waals surface area contributed by atoms with Crippen molar-refractivity contribution < 1.29 is 23.9 Å². The van der Waals surface area contributed by atoms with Gasteiger partial charge >= 0.3 is 5.97 Å². The van der Waals surface area contributed by atoms with Gasteiger partial charge in [-0.15, -0.1) is 0 Å². The fraction of sp³-hybridized carbons (Fsp3) is 0.265. The molecule has 1 unspecified atom stereocenters. The number of rotatable bonds is 11. The fourth-order valence-electron chi connectivity index (χ4n) is 5.09. The number of aromatic nitrogens is 1. The maximum Gasteiger partial charge on any atom is 0.338 e. The Morgan fingerprint density at radius 1 is 1.02 bits per heavy atom. The van der Waals surface area contributed by atoms with Gasteiger partial charge in [0.2, 0.25) is 0 Å². The number of nitro benzene ring substituents is 1. The van der Waals surface area contributed by atoms with Crippen molar-refractivity contribution in [3.63, 3.8) is 0 Å². The second kappa shape index (κ2) is 13.8. The van der Waals surface area contributed by atoms with Crippen molar-refractivity contribution in [3.05, 3.63) is 124 Å². The van der Waals surface area contributed by atoms with Gasteiger partial charge in [0, 0.05) is 31.9 Å². The van der Waals surface area contributed by atoms with Crippen LogP contribution < -0.4 is 29.3 Å². The molecule has 12 heteroatoms. The van der Waals surface area contributed by atoms with Crippen LogP contribution in [-0.4, -0.2) is 42.8 Å². The molecule has 3 aromatic carbocycles. The van der Waals surface area contributed by atoms with Crippen LogP contribution in [0.5, 0.6) is 11.5 Å². The SMILES string of the molecule is CCOC(=O)C1=C(C)N=c2sc(=Cc3ccc(OCc4ccc([N+](=O)[O-])cc4)c(OCC)c3)c(=O)n2C1c1ccc(N(C)C)cc1. The Bertz CT molecular complexity index is 1980. The molecule has 4 aromatic rings. The fourth-order valence-corrected chi connectivity index (χ4v) is 6.14. The molecule has 0 bridgehead atoms. The molecule has 0 radical (unpaired) electrons. The summed E-state index contributed by atoms with van der Waals surface area (Å²) in [6.45, 7) is 6.14. The summed E-state index contributed by atoms with van der Waals surface area (Å²) >= 11 is 1.24. The van der Waals surface area contributed by atoms with Gasteiger partial charge in [-0.2, -0.15) is 0 Å². The number of ether oxygens (including phenoxy) is 3. The van der Waals surface area contributed by atoms with E-state index in [2.05, 4.69) is 4.99 Å². The number of esters is 1. The first-order chi connectivity index (χ1) is 22.1. The Morgan fingerprint density at radius 2 is 1.74 bits per heavy atom. The van der Waals surface area contributed by atoms with Crippen LogP contribution in [0.4, 0.5) is 11.4 Å². The third-order valence-electron chi connectivity index (χ3n) is 7.35. The van der Waals surface area contributed by atoms with E-state index >= 15 is 0 Å². The van der Waals surface area contributed by atoms with Gasteiger partial charge in [0.1, 0.15) is 6.61 Å². The van der Waals surface area contributed by atoms with Crippen molar-refractivity contribution in [3.8, 4) is 11.5 Å². The van der Waals surface area contributed by atoms with Crippen molar-refractivity contribution in [1.29, 1.82) is 0 Å². The summed E-state index contributed by atoms with van der Waals surface area (Å²) in [5, 5.41) is 10.9. The van der Waals surface area contributed by atoms with Gasteiger partial charge in [-0.3, -0.25) is 19.5 Å². The highest BCUT2D eigenvalue weighted by atomic mass is 32.1. The molecule has 0 amide bonds. The van der Waals surface area contributed by atoms with E-state index in [0.29, 0.717) is 44.3 Å². The molecule has 238 valence electrons. The van der Waals surface area contributed by atoms with Crippen LogP contribution in [-0.2, 0) is 16.1 Å². The van der Waals surface area contributed by atoms with Crippen LogP contribution >= 0.6 is 11.3 Å². The third-order valence-corrected chi connectivity index (χ3v) is 8.33. The molecule has 0 N–H and O–H groups in total. The molecule has 0 fully saturated rings. The Morgan fingerprint density at radius 3 is 2.37 bits per heavy atom. The summed E-state index contributed by atoms with van der Waals surface area (Å²) in [5.74, 6) is 0.477. The molecule has 0 aliphatic carbocycles. The smallest absolute Gasteiger partial charge is 0.338 e. The zero-order valence-electron chi connectivity index (χ0n) is 26.2. The molecule has 0 saturated carbocycles. The first-order valence-electron chi connectivity index (χ1n) is 14.7. The van der Waals surface area contributed by atoms with Gasteiger partial charge in [0.25, 0.3) is 11.2 Å². The van der Waals surface area contributed by atoms with Crippen molar-refractivity contribution >= 4 is 34.8 Å². The maximum atomic E-state index is 14.0. The van der Waals surface area contributed by atoms with Gasteiger partial charge in [0.05, 0.1) is 40.0 Å². The predicted molar refractivity (Wildman–Crippen MR) is 176 cm³/mol. The van der Waals surface area contributed by atoms with Crippen molar-refractivity contribution in [2.24, 2.45) is 4.99 Å². The highest BCUT2D eigenvalue weighted by molar-refractivity contribution is 7.07. The number of carbonyl (C=O) groups is 1. The summed E-state index contributed by atoms with van der Waals surface area (Å²) in [4.78, 5) is 44.8. The molecule has 1 atom stereocenters. The summed E-state index contributed by atoms with van der Waals surface area (Å²) in [7, 11) is 3.89. The molecule has 0 saturated heterocycles. The van der Waals surface area contributed by atoms with Gasteiger partial charge in [0.15, 0.2) is 16.3 Å². The Hall–Kier alpha value is -5.23. The highest BCUT2D eigenvalue weighted by Gasteiger charge is 2.33. The number of carbonyl (C=O) groups excluding carboxylic acids is 1. The van der Waals surface area contributed by atoms with E-state index in [1.165, 1.54) is 23.5 Å². The summed E-state index contributed by atoms with van der Waals surface area (Å²) < 4.78 is 19.2. The lowest BCUT2D eigenvalue weighted by atomic mass is 9.95. The maximum absolute atomic E-state index is 14.0. The van der Waals surface area contributed by atoms with E-state index in [9.17, 15) is 19.7 Å². The van der Waals surface area contributed by atoms with E-state index < -0.39 is 16.9 Å². The molecule has 5 rings (SSSR count). The van der Waals surface area contributed by atoms with Crippen LogP contribution in [0.2, 0.25) is 0 Å². The van der Waals surface area contributed by atoms with Gasteiger partial charge < -0.3 is 19.1 Å². The number of nitro groups is 1. The lowest BCUT2D eigenvalue weighted by Crippen LogP contribution is -2.39. The molecular weight excluding hydrogens is 608 g/mol. The summed E-state index contributed by atoms with van der Waals surface area (Å²) in [6, 6.07) is 18.5. The number of hydrogen-bond acceptors (Lipinski definition) is 10. The van der Waals surface area contributed by atoms with E-state index in [1.54, 1.807) is 48.8 Å². The average Bonchev–Trinajstić information content (AvgIpc) is 3.34. The standard InChI is InChI=1S/C34H34N4O7S/c1-6-43-28-18-23(10-17-27(28)45-20-22-8-13-26(14-9-22)38(41)42)19-29-32(39)37-31(24-11-15-25(16-12-24)36(4)5)30(33(40)44-7-2)21(3)35-34(37)46-29/h8-19,31H,6-7,20H2,1-5H3. The molecule has 11 nitrogen and oxygen atoms in total. The van der Waals surface area contributed by atoms with Crippen LogP contribution in [0.1, 0.15) is 43.5 Å². The Balaban J connectivity index is 1.52. The number of benzene rings is 3. The number of non-ortho nitro benzene ring substituents is 1. The quantitative estimate of drug-likeness (QED) is 0.130. The third kappa shape index (κ3) is 6.71. The van der Waals surface area contributed by atoms with Crippen molar-refractivity contribution in [1.82, 2.24) is 4.57 Å². The number of hydrogen-bond donors (Lipinski definition) is 0. The van der Waals surface area contributed by atoms with Crippen LogP contribution in [0.3, 0.4) is 0 Å². The summed E-state index contributed by atoms with van der Waals surface area (Å²) in [6.07, 6.45) is 1.77. The minimum absolute atomic E-state index is 0.00854. The van der Waals surface area contributed by atoms with Crippen LogP contribution in [0.15, 0.2) is 87.8 Å². The minimum atomic E-state index is -0.706. The second-order valence-electron chi connectivity index (χ2n) is 10.6. The van der Waals surface area contributed by atoms with Gasteiger partial charge in [-0.05, 0) is 79.9 Å². The minimum Gasteiger partial charge on any atom is -0.490 e. The Kier molecular flexibility index (Phi) is 9.67. The molecule has 1 aliphatic rings. The molecule has 46 heavy (non-hydrogen) atoms. The van der Waals surface area contributed by atoms with Crippen LogP contribution in [0, 0.1) is 10.1 Å². The highest BCUT2D eigenvalue weighted by Crippen LogP contribution is 2.32. The van der Waals surface area contributed by atoms with E-state index in [-0.39, 0.29) is 24.5 Å². The zero-order chi connectivity index (χ0) is 33.0. The number of allylic oxidation sites excluding steroid dienone is 1. The Labute approximate surface area is 269 Å². The van der Waals surface area contributed by atoms with Crippen molar-refractivity contribution in [2.75, 3.05) is 32.2 Å². The molecule has 1 aromatic heterocycles. The first-order valence-corrected chi connectivity index (χ1v) is 15.5. The topological polar surface area (TPSA) is 126 Å². The lowest BCUT2D eigenvalue weighted by Gasteiger charge is -2.25. The molecular formula is C34H34N4O7S. The average molecular weight is 643 g/mol. The number of thiazole rings is 1. The number of fused-ring (bicyclic) bond motifs is 1.